The van der Waals surface area contributed by atoms with Gasteiger partial charge in [-0.15, -0.1) is 0 Å². The highest BCUT2D eigenvalue weighted by Crippen LogP contribution is 2.31. The van der Waals surface area contributed by atoms with E-state index < -0.39 is 0 Å². The molecule has 3 atom stereocenters. The third kappa shape index (κ3) is 3.50. The summed E-state index contributed by atoms with van der Waals surface area (Å²) in [6.45, 7) is 8.73. The van der Waals surface area contributed by atoms with Gasteiger partial charge in [-0.05, 0) is 36.9 Å². The summed E-state index contributed by atoms with van der Waals surface area (Å²) >= 11 is 0. The number of fused-ring (bicyclic) bond motifs is 1. The summed E-state index contributed by atoms with van der Waals surface area (Å²) in [4.78, 5) is 0. The highest BCUT2D eigenvalue weighted by molar-refractivity contribution is 5.35. The first-order valence-corrected chi connectivity index (χ1v) is 7.70. The van der Waals surface area contributed by atoms with Crippen molar-refractivity contribution in [3.63, 3.8) is 0 Å². The van der Waals surface area contributed by atoms with E-state index in [1.54, 1.807) is 0 Å². The molecule has 0 aliphatic carbocycles. The molecule has 1 aliphatic heterocycles. The summed E-state index contributed by atoms with van der Waals surface area (Å²) < 4.78 is 5.95. The van der Waals surface area contributed by atoms with Crippen molar-refractivity contribution in [3.05, 3.63) is 29.8 Å². The molecule has 19 heavy (non-hydrogen) atoms. The Kier molecular flexibility index (Phi) is 5.26. The van der Waals surface area contributed by atoms with Crippen LogP contribution in [0, 0.1) is 11.8 Å². The van der Waals surface area contributed by atoms with Crippen LogP contribution in [0.15, 0.2) is 24.3 Å². The fourth-order valence-corrected chi connectivity index (χ4v) is 3.29. The average Bonchev–Trinajstić information content (AvgIpc) is 2.44. The lowest BCUT2D eigenvalue weighted by molar-refractivity contribution is 0.154. The van der Waals surface area contributed by atoms with Crippen molar-refractivity contribution in [2.24, 2.45) is 11.8 Å². The SMILES string of the molecule is CCCC(C)C(NCC)C1COc2ccccc2C1. The molecule has 3 unspecified atom stereocenters. The van der Waals surface area contributed by atoms with Crippen LogP contribution in [-0.2, 0) is 6.42 Å². The Labute approximate surface area is 117 Å². The summed E-state index contributed by atoms with van der Waals surface area (Å²) in [6.07, 6.45) is 3.69. The molecule has 0 saturated heterocycles. The molecule has 1 N–H and O–H groups in total. The van der Waals surface area contributed by atoms with Crippen molar-refractivity contribution in [1.29, 1.82) is 0 Å². The largest absolute Gasteiger partial charge is 0.493 e. The molecule has 0 fully saturated rings. The molecule has 106 valence electrons. The number of benzene rings is 1. The van der Waals surface area contributed by atoms with E-state index in [-0.39, 0.29) is 0 Å². The van der Waals surface area contributed by atoms with Gasteiger partial charge in [0.05, 0.1) is 6.61 Å². The molecule has 0 bridgehead atoms. The minimum Gasteiger partial charge on any atom is -0.493 e. The van der Waals surface area contributed by atoms with Crippen LogP contribution in [0.2, 0.25) is 0 Å². The van der Waals surface area contributed by atoms with E-state index in [0.29, 0.717) is 17.9 Å². The summed E-state index contributed by atoms with van der Waals surface area (Å²) in [5, 5.41) is 3.69. The van der Waals surface area contributed by atoms with Gasteiger partial charge in [0.25, 0.3) is 0 Å². The van der Waals surface area contributed by atoms with E-state index in [1.165, 1.54) is 18.4 Å². The molecular formula is C17H27NO. The zero-order valence-electron chi connectivity index (χ0n) is 12.5. The average molecular weight is 261 g/mol. The maximum absolute atomic E-state index is 5.95. The molecule has 2 heteroatoms. The second-order valence-corrected chi connectivity index (χ2v) is 5.73. The fourth-order valence-electron chi connectivity index (χ4n) is 3.29. The second-order valence-electron chi connectivity index (χ2n) is 5.73. The molecule has 0 aromatic heterocycles. The van der Waals surface area contributed by atoms with E-state index in [4.69, 9.17) is 4.74 Å². The summed E-state index contributed by atoms with van der Waals surface area (Å²) in [7, 11) is 0. The lowest BCUT2D eigenvalue weighted by Gasteiger charge is -2.35. The Morgan fingerprint density at radius 3 is 2.84 bits per heavy atom. The molecule has 2 rings (SSSR count). The van der Waals surface area contributed by atoms with Gasteiger partial charge in [-0.3, -0.25) is 0 Å². The third-order valence-electron chi connectivity index (χ3n) is 4.21. The van der Waals surface area contributed by atoms with Gasteiger partial charge in [0.15, 0.2) is 0 Å². The zero-order chi connectivity index (χ0) is 13.7. The molecule has 0 radical (unpaired) electrons. The van der Waals surface area contributed by atoms with Crippen molar-refractivity contribution in [2.75, 3.05) is 13.2 Å². The van der Waals surface area contributed by atoms with Crippen LogP contribution in [0.3, 0.4) is 0 Å². The zero-order valence-corrected chi connectivity index (χ0v) is 12.5. The van der Waals surface area contributed by atoms with E-state index in [0.717, 1.165) is 25.3 Å². The standard InChI is InChI=1S/C17H27NO/c1-4-8-13(3)17(18-5-2)15-11-14-9-6-7-10-16(14)19-12-15/h6-7,9-10,13,15,17-18H,4-5,8,11-12H2,1-3H3. The first-order chi connectivity index (χ1) is 9.26. The number of hydrogen-bond donors (Lipinski definition) is 1. The van der Waals surface area contributed by atoms with Crippen LogP contribution in [0.4, 0.5) is 0 Å². The Hall–Kier alpha value is -1.02. The first kappa shape index (κ1) is 14.4. The summed E-state index contributed by atoms with van der Waals surface area (Å²) in [5.41, 5.74) is 1.37. The highest BCUT2D eigenvalue weighted by atomic mass is 16.5. The minimum atomic E-state index is 0.568. The predicted octanol–water partition coefficient (Wildman–Crippen LogP) is 3.65. The summed E-state index contributed by atoms with van der Waals surface area (Å²) in [6, 6.07) is 9.03. The normalized spacial score (nSPS) is 21.3. The van der Waals surface area contributed by atoms with Crippen molar-refractivity contribution < 1.29 is 4.74 Å². The van der Waals surface area contributed by atoms with Crippen LogP contribution >= 0.6 is 0 Å². The summed E-state index contributed by atoms with van der Waals surface area (Å²) in [5.74, 6) is 2.39. The molecule has 0 amide bonds. The van der Waals surface area contributed by atoms with Crippen LogP contribution < -0.4 is 10.1 Å². The lowest BCUT2D eigenvalue weighted by Crippen LogP contribution is -2.45. The van der Waals surface area contributed by atoms with Gasteiger partial charge >= 0.3 is 0 Å². The van der Waals surface area contributed by atoms with Crippen molar-refractivity contribution in [3.8, 4) is 5.75 Å². The number of hydrogen-bond acceptors (Lipinski definition) is 2. The molecule has 1 aromatic carbocycles. The van der Waals surface area contributed by atoms with Crippen molar-refractivity contribution in [1.82, 2.24) is 5.32 Å². The van der Waals surface area contributed by atoms with Crippen LogP contribution in [0.5, 0.6) is 5.75 Å². The molecule has 1 aliphatic rings. The van der Waals surface area contributed by atoms with Gasteiger partial charge < -0.3 is 10.1 Å². The number of para-hydroxylation sites is 1. The van der Waals surface area contributed by atoms with Crippen molar-refractivity contribution in [2.45, 2.75) is 46.1 Å². The van der Waals surface area contributed by atoms with Gasteiger partial charge in [-0.2, -0.15) is 0 Å². The topological polar surface area (TPSA) is 21.3 Å². The third-order valence-corrected chi connectivity index (χ3v) is 4.21. The quantitative estimate of drug-likeness (QED) is 0.844. The number of nitrogens with one attached hydrogen (secondary N) is 1. The predicted molar refractivity (Wildman–Crippen MR) is 80.7 cm³/mol. The Morgan fingerprint density at radius 1 is 1.32 bits per heavy atom. The number of rotatable bonds is 6. The lowest BCUT2D eigenvalue weighted by atomic mass is 9.82. The smallest absolute Gasteiger partial charge is 0.122 e. The van der Waals surface area contributed by atoms with Crippen LogP contribution in [-0.4, -0.2) is 19.2 Å². The maximum Gasteiger partial charge on any atom is 0.122 e. The van der Waals surface area contributed by atoms with Gasteiger partial charge in [-0.25, -0.2) is 0 Å². The van der Waals surface area contributed by atoms with E-state index >= 15 is 0 Å². The van der Waals surface area contributed by atoms with Crippen molar-refractivity contribution >= 4 is 0 Å². The molecule has 0 spiro atoms. The fraction of sp³-hybridized carbons (Fsp3) is 0.647. The van der Waals surface area contributed by atoms with Crippen LogP contribution in [0.1, 0.15) is 39.2 Å². The van der Waals surface area contributed by atoms with Gasteiger partial charge in [-0.1, -0.05) is 45.4 Å². The van der Waals surface area contributed by atoms with E-state index in [1.807, 2.05) is 0 Å². The van der Waals surface area contributed by atoms with Gasteiger partial charge in [0.2, 0.25) is 0 Å². The van der Waals surface area contributed by atoms with Gasteiger partial charge in [0.1, 0.15) is 5.75 Å². The molecule has 0 saturated carbocycles. The maximum atomic E-state index is 5.95. The van der Waals surface area contributed by atoms with E-state index in [9.17, 15) is 0 Å². The molecular weight excluding hydrogens is 234 g/mol. The molecule has 2 nitrogen and oxygen atoms in total. The first-order valence-electron chi connectivity index (χ1n) is 7.70. The number of ether oxygens (including phenoxy) is 1. The Bertz CT molecular complexity index is 391. The Balaban J connectivity index is 2.07. The highest BCUT2D eigenvalue weighted by Gasteiger charge is 2.29. The Morgan fingerprint density at radius 2 is 2.11 bits per heavy atom. The monoisotopic (exact) mass is 261 g/mol. The van der Waals surface area contributed by atoms with Gasteiger partial charge in [0, 0.05) is 12.0 Å². The molecule has 1 aromatic rings. The van der Waals surface area contributed by atoms with E-state index in [2.05, 4.69) is 50.4 Å². The van der Waals surface area contributed by atoms with Crippen LogP contribution in [0.25, 0.3) is 0 Å². The minimum absolute atomic E-state index is 0.568. The molecule has 1 heterocycles. The second kappa shape index (κ2) is 6.95.